The van der Waals surface area contributed by atoms with Gasteiger partial charge < -0.3 is 14.4 Å². The fourth-order valence-corrected chi connectivity index (χ4v) is 3.35. The Morgan fingerprint density at radius 2 is 2.23 bits per heavy atom. The normalized spacial score (nSPS) is 24.9. The molecule has 1 amide bonds. The number of ether oxygens (including phenoxy) is 2. The van der Waals surface area contributed by atoms with Gasteiger partial charge in [-0.05, 0) is 36.8 Å². The second-order valence-corrected chi connectivity index (χ2v) is 6.39. The van der Waals surface area contributed by atoms with E-state index in [4.69, 9.17) is 9.47 Å². The van der Waals surface area contributed by atoms with Crippen LogP contribution < -0.4 is 4.90 Å². The lowest BCUT2D eigenvalue weighted by Gasteiger charge is -2.23. The standard InChI is InChI=1S/C18H25NO3/c1-14-5-4-9-19(17-7-3-2-6-16(14)17)18(20)13-22-12-15-8-10-21-11-15/h2-3,6-7,14-15H,4-5,8-13H2,1H3/t14-,15+/m1/s1. The summed E-state index contributed by atoms with van der Waals surface area (Å²) >= 11 is 0. The molecule has 120 valence electrons. The molecular weight excluding hydrogens is 278 g/mol. The monoisotopic (exact) mass is 303 g/mol. The molecule has 2 aliphatic heterocycles. The lowest BCUT2D eigenvalue weighted by atomic mass is 9.96. The molecule has 0 N–H and O–H groups in total. The number of carbonyl (C=O) groups excluding carboxylic acids is 1. The van der Waals surface area contributed by atoms with Gasteiger partial charge in [0.05, 0.1) is 13.2 Å². The van der Waals surface area contributed by atoms with Crippen molar-refractivity contribution >= 4 is 11.6 Å². The van der Waals surface area contributed by atoms with Crippen molar-refractivity contribution in [1.29, 1.82) is 0 Å². The highest BCUT2D eigenvalue weighted by atomic mass is 16.5. The molecule has 4 nitrogen and oxygen atoms in total. The summed E-state index contributed by atoms with van der Waals surface area (Å²) in [5, 5.41) is 0. The van der Waals surface area contributed by atoms with Gasteiger partial charge in [0.15, 0.2) is 0 Å². The van der Waals surface area contributed by atoms with E-state index in [0.717, 1.165) is 44.7 Å². The van der Waals surface area contributed by atoms with Crippen LogP contribution in [-0.2, 0) is 14.3 Å². The van der Waals surface area contributed by atoms with Gasteiger partial charge in [-0.25, -0.2) is 0 Å². The van der Waals surface area contributed by atoms with Crippen LogP contribution in [0.1, 0.15) is 37.7 Å². The van der Waals surface area contributed by atoms with Crippen molar-refractivity contribution in [3.05, 3.63) is 29.8 Å². The maximum Gasteiger partial charge on any atom is 0.252 e. The van der Waals surface area contributed by atoms with Crippen LogP contribution in [0.5, 0.6) is 0 Å². The van der Waals surface area contributed by atoms with Crippen LogP contribution in [0, 0.1) is 5.92 Å². The molecule has 0 aromatic heterocycles. The summed E-state index contributed by atoms with van der Waals surface area (Å²) in [5.41, 5.74) is 2.34. The molecule has 1 fully saturated rings. The molecule has 0 radical (unpaired) electrons. The van der Waals surface area contributed by atoms with Gasteiger partial charge in [-0.1, -0.05) is 25.1 Å². The van der Waals surface area contributed by atoms with E-state index >= 15 is 0 Å². The zero-order chi connectivity index (χ0) is 15.4. The van der Waals surface area contributed by atoms with E-state index in [1.165, 1.54) is 5.56 Å². The fraction of sp³-hybridized carbons (Fsp3) is 0.611. The summed E-state index contributed by atoms with van der Waals surface area (Å²) in [6.45, 7) is 5.40. The quantitative estimate of drug-likeness (QED) is 0.858. The van der Waals surface area contributed by atoms with E-state index in [-0.39, 0.29) is 12.5 Å². The Hall–Kier alpha value is -1.39. The first-order chi connectivity index (χ1) is 10.8. The molecule has 0 aliphatic carbocycles. The van der Waals surface area contributed by atoms with Gasteiger partial charge in [-0.2, -0.15) is 0 Å². The minimum absolute atomic E-state index is 0.0699. The molecule has 22 heavy (non-hydrogen) atoms. The van der Waals surface area contributed by atoms with E-state index in [1.54, 1.807) is 0 Å². The summed E-state index contributed by atoms with van der Waals surface area (Å²) in [6, 6.07) is 8.26. The molecule has 3 rings (SSSR count). The number of carbonyl (C=O) groups is 1. The number of nitrogens with zero attached hydrogens (tertiary/aromatic N) is 1. The summed E-state index contributed by atoms with van der Waals surface area (Å²) in [5.74, 6) is 1.02. The number of anilines is 1. The van der Waals surface area contributed by atoms with Crippen molar-refractivity contribution < 1.29 is 14.3 Å². The average Bonchev–Trinajstić information content (AvgIpc) is 2.98. The lowest BCUT2D eigenvalue weighted by Crippen LogP contribution is -2.35. The second kappa shape index (κ2) is 7.25. The molecule has 2 aliphatic rings. The molecule has 0 unspecified atom stereocenters. The second-order valence-electron chi connectivity index (χ2n) is 6.39. The topological polar surface area (TPSA) is 38.8 Å². The molecule has 0 bridgehead atoms. The van der Waals surface area contributed by atoms with Gasteiger partial charge in [0.1, 0.15) is 6.61 Å². The summed E-state index contributed by atoms with van der Waals surface area (Å²) < 4.78 is 11.0. The smallest absolute Gasteiger partial charge is 0.252 e. The minimum Gasteiger partial charge on any atom is -0.381 e. The Kier molecular flexibility index (Phi) is 5.11. The number of hydrogen-bond donors (Lipinski definition) is 0. The first kappa shape index (κ1) is 15.5. The highest BCUT2D eigenvalue weighted by molar-refractivity contribution is 5.95. The Balaban J connectivity index is 1.62. The van der Waals surface area contributed by atoms with Crippen LogP contribution >= 0.6 is 0 Å². The maximum absolute atomic E-state index is 12.6. The molecule has 2 heterocycles. The van der Waals surface area contributed by atoms with Crippen LogP contribution in [0.25, 0.3) is 0 Å². The zero-order valence-electron chi connectivity index (χ0n) is 13.3. The van der Waals surface area contributed by atoms with Gasteiger partial charge >= 0.3 is 0 Å². The summed E-state index contributed by atoms with van der Waals surface area (Å²) in [7, 11) is 0. The van der Waals surface area contributed by atoms with Crippen LogP contribution in [0.4, 0.5) is 5.69 Å². The maximum atomic E-state index is 12.6. The largest absolute Gasteiger partial charge is 0.381 e. The highest BCUT2D eigenvalue weighted by Gasteiger charge is 2.24. The predicted molar refractivity (Wildman–Crippen MR) is 86.2 cm³/mol. The third-order valence-electron chi connectivity index (χ3n) is 4.68. The molecule has 1 aromatic carbocycles. The number of para-hydroxylation sites is 1. The number of benzene rings is 1. The minimum atomic E-state index is 0.0699. The van der Waals surface area contributed by atoms with Gasteiger partial charge in [-0.3, -0.25) is 4.79 Å². The van der Waals surface area contributed by atoms with E-state index in [1.807, 2.05) is 11.0 Å². The SMILES string of the molecule is C[C@@H]1CCCN(C(=O)COC[C@H]2CCOC2)c2ccccc21. The van der Waals surface area contributed by atoms with Crippen LogP contribution in [0.15, 0.2) is 24.3 Å². The van der Waals surface area contributed by atoms with Gasteiger partial charge in [0.2, 0.25) is 0 Å². The highest BCUT2D eigenvalue weighted by Crippen LogP contribution is 2.33. The van der Waals surface area contributed by atoms with Crippen molar-refractivity contribution in [1.82, 2.24) is 0 Å². The molecule has 0 saturated carbocycles. The van der Waals surface area contributed by atoms with E-state index in [9.17, 15) is 4.79 Å². The Bertz CT molecular complexity index is 511. The molecule has 2 atom stereocenters. The van der Waals surface area contributed by atoms with Gasteiger partial charge in [0.25, 0.3) is 5.91 Å². The van der Waals surface area contributed by atoms with Gasteiger partial charge in [-0.15, -0.1) is 0 Å². The predicted octanol–water partition coefficient (Wildman–Crippen LogP) is 2.97. The van der Waals surface area contributed by atoms with E-state index < -0.39 is 0 Å². The zero-order valence-corrected chi connectivity index (χ0v) is 13.3. The molecular formula is C18H25NO3. The Morgan fingerprint density at radius 1 is 1.36 bits per heavy atom. The number of hydrogen-bond acceptors (Lipinski definition) is 3. The third kappa shape index (κ3) is 3.50. The van der Waals surface area contributed by atoms with Crippen LogP contribution in [0.2, 0.25) is 0 Å². The summed E-state index contributed by atoms with van der Waals surface area (Å²) in [4.78, 5) is 14.5. The number of fused-ring (bicyclic) bond motifs is 1. The van der Waals surface area contributed by atoms with Crippen molar-refractivity contribution in [3.63, 3.8) is 0 Å². The fourth-order valence-electron chi connectivity index (χ4n) is 3.35. The van der Waals surface area contributed by atoms with Crippen molar-refractivity contribution in [3.8, 4) is 0 Å². The molecule has 1 aromatic rings. The first-order valence-electron chi connectivity index (χ1n) is 8.30. The molecule has 0 spiro atoms. The van der Waals surface area contributed by atoms with E-state index in [0.29, 0.717) is 18.4 Å². The molecule has 1 saturated heterocycles. The van der Waals surface area contributed by atoms with Crippen molar-refractivity contribution in [2.75, 3.05) is 37.9 Å². The lowest BCUT2D eigenvalue weighted by molar-refractivity contribution is -0.123. The van der Waals surface area contributed by atoms with Crippen LogP contribution in [-0.4, -0.2) is 38.9 Å². The van der Waals surface area contributed by atoms with Gasteiger partial charge in [0, 0.05) is 24.8 Å². The number of rotatable bonds is 4. The summed E-state index contributed by atoms with van der Waals surface area (Å²) in [6.07, 6.45) is 3.21. The van der Waals surface area contributed by atoms with Crippen molar-refractivity contribution in [2.45, 2.75) is 32.1 Å². The van der Waals surface area contributed by atoms with Crippen molar-refractivity contribution in [2.24, 2.45) is 5.92 Å². The average molecular weight is 303 g/mol. The Morgan fingerprint density at radius 3 is 3.05 bits per heavy atom. The third-order valence-corrected chi connectivity index (χ3v) is 4.68. The van der Waals surface area contributed by atoms with E-state index in [2.05, 4.69) is 25.1 Å². The molecule has 4 heteroatoms. The number of amides is 1. The Labute approximate surface area is 132 Å². The first-order valence-corrected chi connectivity index (χ1v) is 8.30. The van der Waals surface area contributed by atoms with Crippen LogP contribution in [0.3, 0.4) is 0 Å².